The summed E-state index contributed by atoms with van der Waals surface area (Å²) in [7, 11) is 0. The first kappa shape index (κ1) is 14.0. The first-order chi connectivity index (χ1) is 9.19. The van der Waals surface area contributed by atoms with Crippen LogP contribution in [0.25, 0.3) is 0 Å². The Morgan fingerprint density at radius 3 is 2.89 bits per heavy atom. The average molecular weight is 264 g/mol. The number of nitrogens with two attached hydrogens (primary N) is 1. The van der Waals surface area contributed by atoms with Gasteiger partial charge in [-0.05, 0) is 48.9 Å². The molecule has 19 heavy (non-hydrogen) atoms. The Kier molecular flexibility index (Phi) is 4.91. The second kappa shape index (κ2) is 6.66. The summed E-state index contributed by atoms with van der Waals surface area (Å²) in [5, 5.41) is 2.94. The smallest absolute Gasteiger partial charge is 0.224 e. The van der Waals surface area contributed by atoms with Gasteiger partial charge in [-0.2, -0.15) is 0 Å². The van der Waals surface area contributed by atoms with Gasteiger partial charge in [-0.1, -0.05) is 18.6 Å². The highest BCUT2D eigenvalue weighted by Gasteiger charge is 2.26. The number of carbonyl (C=O) groups is 1. The molecule has 0 spiro atoms. The highest BCUT2D eigenvalue weighted by atomic mass is 19.1. The Morgan fingerprint density at radius 2 is 2.16 bits per heavy atom. The zero-order valence-electron chi connectivity index (χ0n) is 11.1. The van der Waals surface area contributed by atoms with Crippen LogP contribution in [0.1, 0.15) is 24.8 Å². The molecule has 0 bridgehead atoms. The summed E-state index contributed by atoms with van der Waals surface area (Å²) in [5.74, 6) is 0.688. The van der Waals surface area contributed by atoms with Crippen LogP contribution in [0.4, 0.5) is 4.39 Å². The number of rotatable bonds is 5. The number of hydrogen-bond donors (Lipinski definition) is 2. The maximum atomic E-state index is 13.0. The first-order valence-corrected chi connectivity index (χ1v) is 6.90. The van der Waals surface area contributed by atoms with Crippen LogP contribution in [0.3, 0.4) is 0 Å². The van der Waals surface area contributed by atoms with Gasteiger partial charge in [0.05, 0.1) is 6.42 Å². The Labute approximate surface area is 113 Å². The highest BCUT2D eigenvalue weighted by molar-refractivity contribution is 5.78. The lowest BCUT2D eigenvalue weighted by Gasteiger charge is -2.18. The molecule has 3 nitrogen and oxygen atoms in total. The summed E-state index contributed by atoms with van der Waals surface area (Å²) in [4.78, 5) is 11.8. The second-order valence-corrected chi connectivity index (χ2v) is 5.30. The molecule has 104 valence electrons. The van der Waals surface area contributed by atoms with Gasteiger partial charge in [0.25, 0.3) is 0 Å². The van der Waals surface area contributed by atoms with Gasteiger partial charge in [0.2, 0.25) is 5.91 Å². The standard InChI is InChI=1S/C15H21FN2O/c16-14-6-1-3-11(7-14)8-15(19)18-10-13-5-2-4-12(13)9-17/h1,3,6-7,12-13H,2,4-5,8-10,17H2,(H,18,19). The molecule has 1 aliphatic carbocycles. The van der Waals surface area contributed by atoms with Gasteiger partial charge in [-0.3, -0.25) is 4.79 Å². The SMILES string of the molecule is NCC1CCCC1CNC(=O)Cc1cccc(F)c1. The minimum atomic E-state index is -0.302. The van der Waals surface area contributed by atoms with Crippen molar-refractivity contribution in [1.29, 1.82) is 0 Å². The molecule has 1 aromatic carbocycles. The monoisotopic (exact) mass is 264 g/mol. The van der Waals surface area contributed by atoms with E-state index in [1.54, 1.807) is 12.1 Å². The molecule has 2 rings (SSSR count). The van der Waals surface area contributed by atoms with Crippen molar-refractivity contribution in [1.82, 2.24) is 5.32 Å². The quantitative estimate of drug-likeness (QED) is 0.853. The lowest BCUT2D eigenvalue weighted by atomic mass is 9.96. The topological polar surface area (TPSA) is 55.1 Å². The molecule has 1 saturated carbocycles. The minimum absolute atomic E-state index is 0.0479. The molecule has 0 radical (unpaired) electrons. The lowest BCUT2D eigenvalue weighted by Crippen LogP contribution is -2.33. The van der Waals surface area contributed by atoms with Crippen LogP contribution in [-0.4, -0.2) is 19.0 Å². The molecule has 0 heterocycles. The third kappa shape index (κ3) is 4.03. The van der Waals surface area contributed by atoms with E-state index in [9.17, 15) is 9.18 Å². The van der Waals surface area contributed by atoms with Gasteiger partial charge in [0.1, 0.15) is 5.82 Å². The zero-order valence-corrected chi connectivity index (χ0v) is 11.1. The van der Waals surface area contributed by atoms with Crippen molar-refractivity contribution in [2.75, 3.05) is 13.1 Å². The molecule has 2 atom stereocenters. The Morgan fingerprint density at radius 1 is 1.37 bits per heavy atom. The number of carbonyl (C=O) groups excluding carboxylic acids is 1. The second-order valence-electron chi connectivity index (χ2n) is 5.30. The van der Waals surface area contributed by atoms with E-state index in [2.05, 4.69) is 5.32 Å². The summed E-state index contributed by atoms with van der Waals surface area (Å²) in [6, 6.07) is 6.17. The lowest BCUT2D eigenvalue weighted by molar-refractivity contribution is -0.120. The van der Waals surface area contributed by atoms with Gasteiger partial charge < -0.3 is 11.1 Å². The molecule has 1 fully saturated rings. The van der Waals surface area contributed by atoms with E-state index < -0.39 is 0 Å². The van der Waals surface area contributed by atoms with E-state index in [0.717, 1.165) is 6.42 Å². The largest absolute Gasteiger partial charge is 0.356 e. The van der Waals surface area contributed by atoms with E-state index >= 15 is 0 Å². The van der Waals surface area contributed by atoms with Crippen molar-refractivity contribution in [2.45, 2.75) is 25.7 Å². The van der Waals surface area contributed by atoms with Gasteiger partial charge in [-0.15, -0.1) is 0 Å². The molecule has 0 aromatic heterocycles. The average Bonchev–Trinajstić information content (AvgIpc) is 2.83. The number of amides is 1. The van der Waals surface area contributed by atoms with Crippen molar-refractivity contribution in [2.24, 2.45) is 17.6 Å². The van der Waals surface area contributed by atoms with Crippen LogP contribution in [-0.2, 0) is 11.2 Å². The molecule has 3 N–H and O–H groups in total. The predicted octanol–water partition coefficient (Wildman–Crippen LogP) is 1.86. The summed E-state index contributed by atoms with van der Waals surface area (Å²) >= 11 is 0. The van der Waals surface area contributed by atoms with Gasteiger partial charge in [0.15, 0.2) is 0 Å². The van der Waals surface area contributed by atoms with Gasteiger partial charge in [0, 0.05) is 6.54 Å². The van der Waals surface area contributed by atoms with Crippen LogP contribution >= 0.6 is 0 Å². The molecule has 1 aliphatic rings. The van der Waals surface area contributed by atoms with Crippen LogP contribution in [0, 0.1) is 17.7 Å². The predicted molar refractivity (Wildman–Crippen MR) is 73.0 cm³/mol. The number of nitrogens with one attached hydrogen (secondary N) is 1. The van der Waals surface area contributed by atoms with Gasteiger partial charge in [-0.25, -0.2) is 4.39 Å². The van der Waals surface area contributed by atoms with E-state index in [-0.39, 0.29) is 18.1 Å². The van der Waals surface area contributed by atoms with E-state index in [0.29, 0.717) is 30.5 Å². The van der Waals surface area contributed by atoms with Crippen molar-refractivity contribution in [3.63, 3.8) is 0 Å². The number of benzene rings is 1. The van der Waals surface area contributed by atoms with E-state index in [1.807, 2.05) is 0 Å². The Bertz CT molecular complexity index is 436. The molecular weight excluding hydrogens is 243 g/mol. The molecule has 0 saturated heterocycles. The van der Waals surface area contributed by atoms with Crippen LogP contribution in [0.2, 0.25) is 0 Å². The fourth-order valence-corrected chi connectivity index (χ4v) is 2.83. The maximum absolute atomic E-state index is 13.0. The van der Waals surface area contributed by atoms with Crippen molar-refractivity contribution in [3.8, 4) is 0 Å². The molecule has 1 amide bonds. The molecule has 0 aliphatic heterocycles. The third-order valence-corrected chi connectivity index (χ3v) is 3.93. The fourth-order valence-electron chi connectivity index (χ4n) is 2.83. The van der Waals surface area contributed by atoms with E-state index in [4.69, 9.17) is 5.73 Å². The number of hydrogen-bond acceptors (Lipinski definition) is 2. The number of halogens is 1. The Balaban J connectivity index is 1.78. The fraction of sp³-hybridized carbons (Fsp3) is 0.533. The first-order valence-electron chi connectivity index (χ1n) is 6.90. The zero-order chi connectivity index (χ0) is 13.7. The molecule has 1 aromatic rings. The van der Waals surface area contributed by atoms with Crippen LogP contribution in [0.5, 0.6) is 0 Å². The van der Waals surface area contributed by atoms with Crippen LogP contribution < -0.4 is 11.1 Å². The summed E-state index contributed by atoms with van der Waals surface area (Å²) in [5.41, 5.74) is 6.42. The highest BCUT2D eigenvalue weighted by Crippen LogP contribution is 2.30. The van der Waals surface area contributed by atoms with Gasteiger partial charge >= 0.3 is 0 Å². The minimum Gasteiger partial charge on any atom is -0.356 e. The van der Waals surface area contributed by atoms with Crippen molar-refractivity contribution in [3.05, 3.63) is 35.6 Å². The Hall–Kier alpha value is -1.42. The van der Waals surface area contributed by atoms with Crippen molar-refractivity contribution >= 4 is 5.91 Å². The summed E-state index contributed by atoms with van der Waals surface area (Å²) < 4.78 is 13.0. The molecular formula is C15H21FN2O. The molecule has 4 heteroatoms. The molecule has 2 unspecified atom stereocenters. The summed E-state index contributed by atoms with van der Waals surface area (Å²) in [6.45, 7) is 1.39. The van der Waals surface area contributed by atoms with E-state index in [1.165, 1.54) is 25.0 Å². The van der Waals surface area contributed by atoms with Crippen LogP contribution in [0.15, 0.2) is 24.3 Å². The van der Waals surface area contributed by atoms with Crippen molar-refractivity contribution < 1.29 is 9.18 Å². The normalized spacial score (nSPS) is 22.4. The maximum Gasteiger partial charge on any atom is 0.224 e. The third-order valence-electron chi connectivity index (χ3n) is 3.93. The summed E-state index contributed by atoms with van der Waals surface area (Å²) in [6.07, 6.45) is 3.74.